The number of hydrogen-bond donors (Lipinski definition) is 1. The molecule has 0 spiro atoms. The van der Waals surface area contributed by atoms with Crippen LogP contribution in [0, 0.1) is 16.0 Å². The Kier molecular flexibility index (Phi) is 10.0. The number of nitro groups is 1. The molecule has 252 valence electrons. The zero-order valence-corrected chi connectivity index (χ0v) is 22.4. The number of ether oxygens (including phenoxy) is 1. The van der Waals surface area contributed by atoms with Gasteiger partial charge in [-0.1, -0.05) is 12.1 Å². The van der Waals surface area contributed by atoms with Gasteiger partial charge in [0.25, 0.3) is 5.69 Å². The first-order valence-electron chi connectivity index (χ1n) is 12.0. The summed E-state index contributed by atoms with van der Waals surface area (Å²) >= 11 is 0. The summed E-state index contributed by atoms with van der Waals surface area (Å²) in [6.07, 6.45) is -11.8. The van der Waals surface area contributed by atoms with Crippen molar-refractivity contribution in [1.29, 1.82) is 0 Å². The summed E-state index contributed by atoms with van der Waals surface area (Å²) in [6, 6.07) is 4.20. The number of halogens is 13. The van der Waals surface area contributed by atoms with E-state index in [1.165, 1.54) is 13.0 Å². The van der Waals surface area contributed by atoms with E-state index in [-0.39, 0.29) is 17.0 Å². The number of aliphatic carboxylic acids is 1. The predicted octanol–water partition coefficient (Wildman–Crippen LogP) is 7.19. The minimum atomic E-state index is -8.05. The average Bonchev–Trinajstić information content (AvgIpc) is 2.89. The molecule has 2 rings (SSSR count). The summed E-state index contributed by atoms with van der Waals surface area (Å²) in [5, 5.41) is 20.9. The minimum absolute atomic E-state index is 0.108. The van der Waals surface area contributed by atoms with Crippen LogP contribution in [0.1, 0.15) is 38.2 Å². The number of non-ortho nitro benzene ring substituents is 1. The number of carbonyl (C=O) groups is 2. The highest BCUT2D eigenvalue weighted by molar-refractivity contribution is 6.06. The van der Waals surface area contributed by atoms with Crippen LogP contribution in [-0.4, -0.2) is 70.1 Å². The fourth-order valence-corrected chi connectivity index (χ4v) is 4.31. The maximum Gasteiger partial charge on any atom is 0.460 e. The fraction of sp³-hybridized carbons (Fsp3) is 0.542. The molecule has 8 nitrogen and oxygen atoms in total. The molecule has 0 amide bonds. The molecule has 1 aliphatic heterocycles. The molecule has 2 atom stereocenters. The van der Waals surface area contributed by atoms with Gasteiger partial charge in [0.05, 0.1) is 17.1 Å². The van der Waals surface area contributed by atoms with Crippen LogP contribution in [0.5, 0.6) is 0 Å². The van der Waals surface area contributed by atoms with Crippen LogP contribution < -0.4 is 0 Å². The second-order valence-corrected chi connectivity index (χ2v) is 9.64. The second kappa shape index (κ2) is 12.1. The number of carbonyl (C=O) groups excluding carboxylic acids is 1. The summed E-state index contributed by atoms with van der Waals surface area (Å²) in [6.45, 7) is 0.946. The molecule has 0 aromatic heterocycles. The quantitative estimate of drug-likeness (QED) is 0.0822. The van der Waals surface area contributed by atoms with Gasteiger partial charge in [0.15, 0.2) is 0 Å². The first-order chi connectivity index (χ1) is 20.2. The lowest BCUT2D eigenvalue weighted by molar-refractivity contribution is -0.440. The summed E-state index contributed by atoms with van der Waals surface area (Å²) in [4.78, 5) is 39.1. The number of aliphatic imine (C=N–C) groups is 1. The number of benzene rings is 1. The first-order valence-corrected chi connectivity index (χ1v) is 12.0. The van der Waals surface area contributed by atoms with Crippen LogP contribution in [0.15, 0.2) is 40.5 Å². The number of rotatable bonds is 12. The maximum atomic E-state index is 14.0. The van der Waals surface area contributed by atoms with Gasteiger partial charge < -0.3 is 9.84 Å². The van der Waals surface area contributed by atoms with Crippen molar-refractivity contribution in [2.24, 2.45) is 10.9 Å². The van der Waals surface area contributed by atoms with Crippen molar-refractivity contribution in [2.75, 3.05) is 6.61 Å². The average molecular weight is 678 g/mol. The minimum Gasteiger partial charge on any atom is -0.481 e. The second-order valence-electron chi connectivity index (χ2n) is 9.64. The molecule has 0 aliphatic carbocycles. The van der Waals surface area contributed by atoms with Crippen molar-refractivity contribution in [1.82, 2.24) is 0 Å². The summed E-state index contributed by atoms with van der Waals surface area (Å²) in [7, 11) is 0. The normalized spacial score (nSPS) is 18.9. The molecule has 0 bridgehead atoms. The summed E-state index contributed by atoms with van der Waals surface area (Å²) in [5.74, 6) is -44.2. The van der Waals surface area contributed by atoms with Gasteiger partial charge in [-0.2, -0.15) is 57.1 Å². The van der Waals surface area contributed by atoms with Gasteiger partial charge in [-0.05, 0) is 25.8 Å². The molecule has 0 radical (unpaired) electrons. The number of esters is 1. The molecular weight excluding hydrogens is 659 g/mol. The van der Waals surface area contributed by atoms with E-state index < -0.39 is 95.2 Å². The summed E-state index contributed by atoms with van der Waals surface area (Å²) < 4.78 is 177. The lowest BCUT2D eigenvalue weighted by Gasteiger charge is -2.39. The van der Waals surface area contributed by atoms with E-state index >= 15 is 0 Å². The SMILES string of the molecule is CC1=NC(C)=C(C(=O)OCCCC(F)(F)C(F)(F)C(F)(F)C(F)(F)C(F)(F)C(F)(F)F)C(c2cccc([N+](=O)[O-])c2)C1C(=O)O. The maximum absolute atomic E-state index is 14.0. The van der Waals surface area contributed by atoms with E-state index in [9.17, 15) is 81.9 Å². The first kappa shape index (κ1) is 37.2. The molecule has 0 saturated heterocycles. The highest BCUT2D eigenvalue weighted by Crippen LogP contribution is 2.60. The van der Waals surface area contributed by atoms with E-state index in [0.29, 0.717) is 0 Å². The molecule has 1 aromatic rings. The predicted molar refractivity (Wildman–Crippen MR) is 124 cm³/mol. The molecule has 21 heteroatoms. The number of carboxylic acid groups (broad SMARTS) is 1. The Morgan fingerprint density at radius 3 is 1.93 bits per heavy atom. The number of allylic oxidation sites excluding steroid dienone is 1. The zero-order valence-electron chi connectivity index (χ0n) is 22.4. The van der Waals surface area contributed by atoms with Gasteiger partial charge >= 0.3 is 47.7 Å². The number of nitrogens with zero attached hydrogens (tertiary/aromatic N) is 2. The topological polar surface area (TPSA) is 119 Å². The van der Waals surface area contributed by atoms with Gasteiger partial charge in [0, 0.05) is 35.9 Å². The van der Waals surface area contributed by atoms with Crippen LogP contribution in [0.2, 0.25) is 0 Å². The Morgan fingerprint density at radius 2 is 1.44 bits per heavy atom. The Hall–Kier alpha value is -3.94. The van der Waals surface area contributed by atoms with Crippen molar-refractivity contribution in [3.63, 3.8) is 0 Å². The molecule has 0 saturated carbocycles. The zero-order chi connectivity index (χ0) is 35.1. The molecule has 1 N–H and O–H groups in total. The van der Waals surface area contributed by atoms with E-state index in [4.69, 9.17) is 0 Å². The van der Waals surface area contributed by atoms with Gasteiger partial charge in [0.2, 0.25) is 0 Å². The number of carboxylic acids is 1. The van der Waals surface area contributed by atoms with E-state index in [2.05, 4.69) is 9.73 Å². The number of alkyl halides is 13. The smallest absolute Gasteiger partial charge is 0.460 e. The van der Waals surface area contributed by atoms with Crippen molar-refractivity contribution >= 4 is 23.3 Å². The van der Waals surface area contributed by atoms with Crippen LogP contribution in [0.3, 0.4) is 0 Å². The Balaban J connectivity index is 2.32. The number of nitro benzene ring substituents is 1. The molecular formula is C24H19F13N2O6. The molecule has 1 aliphatic rings. The Morgan fingerprint density at radius 1 is 0.911 bits per heavy atom. The van der Waals surface area contributed by atoms with Gasteiger partial charge in [0.1, 0.15) is 5.92 Å². The lowest BCUT2D eigenvalue weighted by atomic mass is 9.75. The highest BCUT2D eigenvalue weighted by atomic mass is 19.4. The third-order valence-electron chi connectivity index (χ3n) is 6.62. The summed E-state index contributed by atoms with van der Waals surface area (Å²) in [5.41, 5.74) is -1.69. The van der Waals surface area contributed by atoms with Crippen LogP contribution in [0.25, 0.3) is 0 Å². The molecule has 45 heavy (non-hydrogen) atoms. The molecule has 1 aromatic carbocycles. The Labute approximate surface area is 242 Å². The van der Waals surface area contributed by atoms with Crippen molar-refractivity contribution in [2.45, 2.75) is 68.4 Å². The van der Waals surface area contributed by atoms with Crippen molar-refractivity contribution in [3.8, 4) is 0 Å². The van der Waals surface area contributed by atoms with Crippen LogP contribution >= 0.6 is 0 Å². The van der Waals surface area contributed by atoms with Crippen molar-refractivity contribution < 1.29 is 81.4 Å². The number of hydrogen-bond acceptors (Lipinski definition) is 6. The van der Waals surface area contributed by atoms with Gasteiger partial charge in [-0.15, -0.1) is 0 Å². The lowest BCUT2D eigenvalue weighted by Crippen LogP contribution is -2.70. The van der Waals surface area contributed by atoms with Gasteiger partial charge in [-0.3, -0.25) is 19.9 Å². The van der Waals surface area contributed by atoms with E-state index in [1.54, 1.807) is 0 Å². The van der Waals surface area contributed by atoms with E-state index in [1.807, 2.05) is 0 Å². The van der Waals surface area contributed by atoms with Gasteiger partial charge in [-0.25, -0.2) is 4.79 Å². The third kappa shape index (κ3) is 6.42. The fourth-order valence-electron chi connectivity index (χ4n) is 4.31. The van der Waals surface area contributed by atoms with Crippen LogP contribution in [-0.2, 0) is 14.3 Å². The standard InChI is InChI=1S/C24H19F13N2O6/c1-10-14(17(40)41)16(12-5-3-6-13(9-12)39(43)44)15(11(2)38-10)18(42)45-8-4-7-19(25,26)20(27,28)21(29,30)22(31,32)23(33,34)24(35,36)37/h3,5-6,9,14,16H,4,7-8H2,1-2H3,(H,40,41). The largest absolute Gasteiger partial charge is 0.481 e. The third-order valence-corrected chi connectivity index (χ3v) is 6.62. The van der Waals surface area contributed by atoms with Crippen molar-refractivity contribution in [3.05, 3.63) is 51.2 Å². The highest BCUT2D eigenvalue weighted by Gasteiger charge is 2.90. The Bertz CT molecular complexity index is 1410. The van der Waals surface area contributed by atoms with E-state index in [0.717, 1.165) is 25.1 Å². The van der Waals surface area contributed by atoms with Crippen LogP contribution in [0.4, 0.5) is 62.8 Å². The molecule has 0 fully saturated rings. The molecule has 2 unspecified atom stereocenters. The monoisotopic (exact) mass is 678 g/mol. The molecule has 1 heterocycles.